The number of aldehydes is 1. The van der Waals surface area contributed by atoms with Crippen molar-refractivity contribution in [2.24, 2.45) is 46.3 Å². The Labute approximate surface area is 183 Å². The highest BCUT2D eigenvalue weighted by Gasteiger charge is 2.62. The summed E-state index contributed by atoms with van der Waals surface area (Å²) in [6, 6.07) is 0. The van der Waals surface area contributed by atoms with Gasteiger partial charge < -0.3 is 5.11 Å². The first-order valence-corrected chi connectivity index (χ1v) is 12.5. The maximum atomic E-state index is 12.3. The molecule has 3 fully saturated rings. The molecule has 0 spiro atoms. The predicted octanol–water partition coefficient (Wildman–Crippen LogP) is 5.75. The van der Waals surface area contributed by atoms with E-state index >= 15 is 0 Å². The average molecular weight is 415 g/mol. The normalized spacial score (nSPS) is 43.9. The fourth-order valence-corrected chi connectivity index (χ4v) is 8.52. The maximum Gasteiger partial charge on any atom is 0.146 e. The maximum absolute atomic E-state index is 12.3. The number of fused-ring (bicyclic) bond motifs is 5. The Morgan fingerprint density at radius 3 is 2.50 bits per heavy atom. The Morgan fingerprint density at radius 1 is 1.10 bits per heavy atom. The lowest BCUT2D eigenvalue weighted by Gasteiger charge is -2.52. The second-order valence-electron chi connectivity index (χ2n) is 12.0. The number of carbonyl (C=O) groups excluding carboxylic acids is 2. The lowest BCUT2D eigenvalue weighted by atomic mass is 9.52. The quantitative estimate of drug-likeness (QED) is 0.563. The molecule has 4 aliphatic carbocycles. The second-order valence-corrected chi connectivity index (χ2v) is 12.0. The SMILES string of the molecule is CC(C)C(=O)CC[C@@H](C)[C@H]1CC[C@H]2[C@@H]3C(C=O)=C4C[C@@H](O)CC[C@]4(C)[C@H]3CC[C@]12C. The molecule has 0 amide bonds. The van der Waals surface area contributed by atoms with E-state index in [2.05, 4.69) is 20.8 Å². The molecule has 0 saturated heterocycles. The highest BCUT2D eigenvalue weighted by atomic mass is 16.3. The number of allylic oxidation sites excluding steroid dienone is 1. The van der Waals surface area contributed by atoms with Gasteiger partial charge in [0.05, 0.1) is 6.10 Å². The summed E-state index contributed by atoms with van der Waals surface area (Å²) in [7, 11) is 0. The number of Topliss-reactive ketones (excluding diaryl/α,β-unsaturated/α-hetero) is 1. The molecule has 3 saturated carbocycles. The van der Waals surface area contributed by atoms with E-state index < -0.39 is 0 Å². The zero-order valence-electron chi connectivity index (χ0n) is 19.7. The van der Waals surface area contributed by atoms with E-state index in [4.69, 9.17) is 0 Å². The number of ketones is 1. The molecule has 0 aromatic heterocycles. The summed E-state index contributed by atoms with van der Waals surface area (Å²) in [5.74, 6) is 3.30. The first kappa shape index (κ1) is 22.2. The third kappa shape index (κ3) is 3.26. The summed E-state index contributed by atoms with van der Waals surface area (Å²) in [5.41, 5.74) is 2.77. The van der Waals surface area contributed by atoms with Crippen molar-refractivity contribution in [1.82, 2.24) is 0 Å². The van der Waals surface area contributed by atoms with Gasteiger partial charge in [-0.15, -0.1) is 0 Å². The van der Waals surface area contributed by atoms with Crippen LogP contribution in [0, 0.1) is 46.3 Å². The summed E-state index contributed by atoms with van der Waals surface area (Å²) in [4.78, 5) is 24.5. The first-order chi connectivity index (χ1) is 14.1. The zero-order chi connectivity index (χ0) is 21.8. The van der Waals surface area contributed by atoms with Gasteiger partial charge in [-0.05, 0) is 97.4 Å². The zero-order valence-corrected chi connectivity index (χ0v) is 19.7. The molecule has 30 heavy (non-hydrogen) atoms. The lowest BCUT2D eigenvalue weighted by Crippen LogP contribution is -2.45. The van der Waals surface area contributed by atoms with Crippen LogP contribution in [-0.2, 0) is 9.59 Å². The number of aliphatic hydroxyl groups is 1. The van der Waals surface area contributed by atoms with Crippen LogP contribution in [0.5, 0.6) is 0 Å². The molecule has 0 bridgehead atoms. The molecule has 0 aromatic rings. The van der Waals surface area contributed by atoms with E-state index in [1.165, 1.54) is 37.5 Å². The molecule has 0 aromatic carbocycles. The van der Waals surface area contributed by atoms with Crippen molar-refractivity contribution < 1.29 is 14.7 Å². The highest BCUT2D eigenvalue weighted by molar-refractivity contribution is 5.80. The van der Waals surface area contributed by atoms with E-state index in [1.807, 2.05) is 13.8 Å². The van der Waals surface area contributed by atoms with Crippen molar-refractivity contribution in [1.29, 1.82) is 0 Å². The van der Waals surface area contributed by atoms with Crippen LogP contribution in [0.1, 0.15) is 92.4 Å². The largest absolute Gasteiger partial charge is 0.393 e. The van der Waals surface area contributed by atoms with E-state index in [9.17, 15) is 14.7 Å². The fraction of sp³-hybridized carbons (Fsp3) is 0.852. The van der Waals surface area contributed by atoms with Crippen LogP contribution >= 0.6 is 0 Å². The summed E-state index contributed by atoms with van der Waals surface area (Å²) in [5, 5.41) is 10.3. The van der Waals surface area contributed by atoms with Crippen LogP contribution in [-0.4, -0.2) is 23.3 Å². The van der Waals surface area contributed by atoms with Crippen molar-refractivity contribution in [3.8, 4) is 0 Å². The van der Waals surface area contributed by atoms with Crippen molar-refractivity contribution >= 4 is 12.1 Å². The molecule has 0 heterocycles. The third-order valence-corrected chi connectivity index (χ3v) is 10.3. The topological polar surface area (TPSA) is 54.4 Å². The van der Waals surface area contributed by atoms with Gasteiger partial charge in [0, 0.05) is 12.3 Å². The Morgan fingerprint density at radius 2 is 1.83 bits per heavy atom. The van der Waals surface area contributed by atoms with Gasteiger partial charge in [-0.1, -0.05) is 40.2 Å². The van der Waals surface area contributed by atoms with Gasteiger partial charge in [0.2, 0.25) is 0 Å². The molecule has 0 unspecified atom stereocenters. The highest BCUT2D eigenvalue weighted by Crippen LogP contribution is 2.70. The fourth-order valence-electron chi connectivity index (χ4n) is 8.52. The molecule has 0 aliphatic heterocycles. The molecule has 3 heteroatoms. The summed E-state index contributed by atoms with van der Waals surface area (Å²) in [6.07, 6.45) is 10.1. The molecular formula is C27H42O3. The molecule has 8 atom stereocenters. The standard InChI is InChI=1S/C27H42O3/c1-16(2)24(30)9-6-17(3)20-7-8-21-25-19(15-28)23-14-18(29)10-12-27(23,5)22(25)11-13-26(20,21)4/h15-18,20-22,25,29H,6-14H2,1-5H3/t17-,18+,20-,21+,22+,25+,26-,27-/m1/s1. The van der Waals surface area contributed by atoms with E-state index in [0.717, 1.165) is 24.8 Å². The predicted molar refractivity (Wildman–Crippen MR) is 120 cm³/mol. The van der Waals surface area contributed by atoms with Crippen LogP contribution in [0.15, 0.2) is 11.1 Å². The van der Waals surface area contributed by atoms with Crippen LogP contribution in [0.2, 0.25) is 0 Å². The monoisotopic (exact) mass is 414 g/mol. The Hall–Kier alpha value is -0.960. The van der Waals surface area contributed by atoms with Gasteiger partial charge in [-0.25, -0.2) is 0 Å². The van der Waals surface area contributed by atoms with Crippen LogP contribution < -0.4 is 0 Å². The van der Waals surface area contributed by atoms with E-state index in [0.29, 0.717) is 48.2 Å². The summed E-state index contributed by atoms with van der Waals surface area (Å²) < 4.78 is 0. The Bertz CT molecular complexity index is 736. The molecule has 4 aliphatic rings. The molecule has 1 N–H and O–H groups in total. The van der Waals surface area contributed by atoms with Crippen LogP contribution in [0.3, 0.4) is 0 Å². The number of hydrogen-bond donors (Lipinski definition) is 1. The van der Waals surface area contributed by atoms with Gasteiger partial charge in [0.1, 0.15) is 12.1 Å². The number of aliphatic hydroxyl groups excluding tert-OH is 1. The van der Waals surface area contributed by atoms with Crippen LogP contribution in [0.25, 0.3) is 0 Å². The minimum atomic E-state index is -0.274. The molecular weight excluding hydrogens is 372 g/mol. The van der Waals surface area contributed by atoms with Crippen molar-refractivity contribution in [3.63, 3.8) is 0 Å². The van der Waals surface area contributed by atoms with E-state index in [1.54, 1.807) is 0 Å². The van der Waals surface area contributed by atoms with Gasteiger partial charge in [-0.2, -0.15) is 0 Å². The van der Waals surface area contributed by atoms with Gasteiger partial charge in [-0.3, -0.25) is 9.59 Å². The number of hydrogen-bond acceptors (Lipinski definition) is 3. The summed E-state index contributed by atoms with van der Waals surface area (Å²) >= 11 is 0. The third-order valence-electron chi connectivity index (χ3n) is 10.3. The van der Waals surface area contributed by atoms with Crippen molar-refractivity contribution in [3.05, 3.63) is 11.1 Å². The smallest absolute Gasteiger partial charge is 0.146 e. The first-order valence-electron chi connectivity index (χ1n) is 12.5. The number of carbonyl (C=O) groups is 2. The Balaban J connectivity index is 1.58. The molecule has 4 rings (SSSR count). The van der Waals surface area contributed by atoms with Gasteiger partial charge >= 0.3 is 0 Å². The average Bonchev–Trinajstić information content (AvgIpc) is 3.17. The number of rotatable bonds is 6. The molecule has 3 nitrogen and oxygen atoms in total. The van der Waals surface area contributed by atoms with Crippen molar-refractivity contribution in [2.75, 3.05) is 0 Å². The summed E-state index contributed by atoms with van der Waals surface area (Å²) in [6.45, 7) is 11.3. The van der Waals surface area contributed by atoms with Crippen LogP contribution in [0.4, 0.5) is 0 Å². The van der Waals surface area contributed by atoms with Crippen molar-refractivity contribution in [2.45, 2.75) is 98.5 Å². The molecule has 0 radical (unpaired) electrons. The molecule has 168 valence electrons. The Kier molecular flexibility index (Phi) is 5.83. The van der Waals surface area contributed by atoms with E-state index in [-0.39, 0.29) is 22.9 Å². The second kappa shape index (κ2) is 7.87. The van der Waals surface area contributed by atoms with Gasteiger partial charge in [0.15, 0.2) is 0 Å². The minimum absolute atomic E-state index is 0.120. The minimum Gasteiger partial charge on any atom is -0.393 e. The van der Waals surface area contributed by atoms with Gasteiger partial charge in [0.25, 0.3) is 0 Å². The lowest BCUT2D eigenvalue weighted by molar-refractivity contribution is -0.122.